The number of hydrogen-bond acceptors (Lipinski definition) is 4. The van der Waals surface area contributed by atoms with Gasteiger partial charge in [-0.25, -0.2) is 4.98 Å². The molecule has 0 aromatic carbocycles. The molecule has 84 valence electrons. The van der Waals surface area contributed by atoms with Crippen molar-refractivity contribution in [1.29, 1.82) is 0 Å². The maximum Gasteiger partial charge on any atom is 0.152 e. The summed E-state index contributed by atoms with van der Waals surface area (Å²) in [6.07, 6.45) is 3.42. The Labute approximate surface area is 94.7 Å². The van der Waals surface area contributed by atoms with Crippen LogP contribution in [0.5, 0.6) is 0 Å². The van der Waals surface area contributed by atoms with Crippen LogP contribution >= 0.6 is 0 Å². The predicted octanol–water partition coefficient (Wildman–Crippen LogP) is 2.28. The molecule has 0 atom stereocenters. The Bertz CT molecular complexity index is 439. The highest BCUT2D eigenvalue weighted by Crippen LogP contribution is 2.20. The van der Waals surface area contributed by atoms with E-state index in [1.54, 1.807) is 12.5 Å². The van der Waals surface area contributed by atoms with Crippen LogP contribution in [0.2, 0.25) is 0 Å². The van der Waals surface area contributed by atoms with Crippen LogP contribution in [0, 0.1) is 0 Å². The summed E-state index contributed by atoms with van der Waals surface area (Å²) in [7, 11) is 0. The number of nitrogens with zero attached hydrogens (tertiary/aromatic N) is 2. The van der Waals surface area contributed by atoms with Gasteiger partial charge in [-0.3, -0.25) is 0 Å². The van der Waals surface area contributed by atoms with Gasteiger partial charge in [0.25, 0.3) is 0 Å². The molecule has 0 radical (unpaired) electrons. The lowest BCUT2D eigenvalue weighted by atomic mass is 10.3. The van der Waals surface area contributed by atoms with E-state index in [4.69, 9.17) is 10.2 Å². The Morgan fingerprint density at radius 1 is 1.38 bits per heavy atom. The molecule has 2 N–H and O–H groups in total. The summed E-state index contributed by atoms with van der Waals surface area (Å²) < 4.78 is 5.32. The number of rotatable bonds is 4. The molecule has 2 rings (SSSR count). The first kappa shape index (κ1) is 10.5. The Balaban J connectivity index is 2.20. The maximum absolute atomic E-state index is 5.89. The first-order chi connectivity index (χ1) is 7.81. The molecule has 0 amide bonds. The summed E-state index contributed by atoms with van der Waals surface area (Å²) in [6.45, 7) is 3.59. The molecule has 4 nitrogen and oxygen atoms in total. The van der Waals surface area contributed by atoms with Gasteiger partial charge < -0.3 is 15.1 Å². The van der Waals surface area contributed by atoms with Crippen molar-refractivity contribution in [3.05, 3.63) is 42.5 Å². The van der Waals surface area contributed by atoms with E-state index in [2.05, 4.69) is 16.8 Å². The van der Waals surface area contributed by atoms with Crippen LogP contribution in [0.15, 0.2) is 41.1 Å². The summed E-state index contributed by atoms with van der Waals surface area (Å²) in [5, 5.41) is 0. The molecule has 0 aliphatic rings. The van der Waals surface area contributed by atoms with E-state index in [0.29, 0.717) is 12.2 Å². The molecule has 0 unspecified atom stereocenters. The molecule has 0 aliphatic carbocycles. The van der Waals surface area contributed by atoms with Gasteiger partial charge in [0, 0.05) is 12.7 Å². The van der Waals surface area contributed by atoms with E-state index in [1.165, 1.54) is 0 Å². The highest BCUT2D eigenvalue weighted by Gasteiger charge is 2.10. The summed E-state index contributed by atoms with van der Waals surface area (Å²) in [4.78, 5) is 6.37. The fourth-order valence-corrected chi connectivity index (χ4v) is 1.60. The summed E-state index contributed by atoms with van der Waals surface area (Å²) in [5.74, 6) is 1.72. The lowest BCUT2D eigenvalue weighted by molar-refractivity contribution is 0.503. The summed E-state index contributed by atoms with van der Waals surface area (Å²) >= 11 is 0. The van der Waals surface area contributed by atoms with Crippen molar-refractivity contribution < 1.29 is 4.42 Å². The van der Waals surface area contributed by atoms with Crippen LogP contribution in [0.25, 0.3) is 0 Å². The summed E-state index contributed by atoms with van der Waals surface area (Å²) in [6, 6.07) is 7.51. The van der Waals surface area contributed by atoms with Crippen LogP contribution in [0.1, 0.15) is 12.7 Å². The average molecular weight is 217 g/mol. The molecule has 0 saturated carbocycles. The number of hydrogen-bond donors (Lipinski definition) is 1. The van der Waals surface area contributed by atoms with Crippen molar-refractivity contribution in [2.45, 2.75) is 13.5 Å². The smallest absolute Gasteiger partial charge is 0.152 e. The van der Waals surface area contributed by atoms with Gasteiger partial charge >= 0.3 is 0 Å². The number of anilines is 2. The van der Waals surface area contributed by atoms with Gasteiger partial charge in [-0.15, -0.1) is 0 Å². The number of nitrogens with two attached hydrogens (primary N) is 1. The van der Waals surface area contributed by atoms with Gasteiger partial charge in [0.2, 0.25) is 0 Å². The van der Waals surface area contributed by atoms with Crippen molar-refractivity contribution in [3.63, 3.8) is 0 Å². The van der Waals surface area contributed by atoms with E-state index in [9.17, 15) is 0 Å². The van der Waals surface area contributed by atoms with Crippen LogP contribution < -0.4 is 10.6 Å². The second-order valence-electron chi connectivity index (χ2n) is 3.51. The number of nitrogen functional groups attached to an aromatic ring is 1. The topological polar surface area (TPSA) is 55.3 Å². The Hall–Kier alpha value is -1.97. The highest BCUT2D eigenvalue weighted by atomic mass is 16.3. The van der Waals surface area contributed by atoms with E-state index in [-0.39, 0.29) is 0 Å². The lowest BCUT2D eigenvalue weighted by Gasteiger charge is -2.21. The predicted molar refractivity (Wildman–Crippen MR) is 64.1 cm³/mol. The Morgan fingerprint density at radius 3 is 2.88 bits per heavy atom. The SMILES string of the molecule is CCN(Cc1ccco1)c1ncccc1N. The monoisotopic (exact) mass is 217 g/mol. The number of pyridine rings is 1. The van der Waals surface area contributed by atoms with Crippen LogP contribution in [0.3, 0.4) is 0 Å². The van der Waals surface area contributed by atoms with E-state index in [1.807, 2.05) is 24.3 Å². The third-order valence-corrected chi connectivity index (χ3v) is 2.42. The molecule has 0 fully saturated rings. The molecule has 0 spiro atoms. The van der Waals surface area contributed by atoms with Gasteiger partial charge in [-0.1, -0.05) is 0 Å². The van der Waals surface area contributed by atoms with Crippen molar-refractivity contribution in [3.8, 4) is 0 Å². The lowest BCUT2D eigenvalue weighted by Crippen LogP contribution is -2.23. The molecule has 0 saturated heterocycles. The third kappa shape index (κ3) is 2.16. The fourth-order valence-electron chi connectivity index (χ4n) is 1.60. The highest BCUT2D eigenvalue weighted by molar-refractivity contribution is 5.62. The van der Waals surface area contributed by atoms with Crippen LogP contribution in [0.4, 0.5) is 11.5 Å². The zero-order valence-electron chi connectivity index (χ0n) is 9.26. The number of furan rings is 1. The van der Waals surface area contributed by atoms with E-state index >= 15 is 0 Å². The van der Waals surface area contributed by atoms with Gasteiger partial charge in [-0.2, -0.15) is 0 Å². The molecular formula is C12H15N3O. The normalized spacial score (nSPS) is 10.3. The molecular weight excluding hydrogens is 202 g/mol. The van der Waals surface area contributed by atoms with Crippen molar-refractivity contribution in [2.24, 2.45) is 0 Å². The number of aromatic nitrogens is 1. The second kappa shape index (κ2) is 4.70. The molecule has 0 aliphatic heterocycles. The van der Waals surface area contributed by atoms with Gasteiger partial charge in [0.1, 0.15) is 5.76 Å². The van der Waals surface area contributed by atoms with Gasteiger partial charge in [0.15, 0.2) is 5.82 Å². The molecule has 2 heterocycles. The van der Waals surface area contributed by atoms with Crippen molar-refractivity contribution in [2.75, 3.05) is 17.2 Å². The maximum atomic E-state index is 5.89. The molecule has 0 bridgehead atoms. The zero-order valence-corrected chi connectivity index (χ0v) is 9.26. The average Bonchev–Trinajstić information content (AvgIpc) is 2.80. The molecule has 16 heavy (non-hydrogen) atoms. The van der Waals surface area contributed by atoms with Crippen LogP contribution in [-0.4, -0.2) is 11.5 Å². The minimum absolute atomic E-state index is 0.685. The quantitative estimate of drug-likeness (QED) is 0.853. The first-order valence-electron chi connectivity index (χ1n) is 5.29. The van der Waals surface area contributed by atoms with Crippen LogP contribution in [-0.2, 0) is 6.54 Å². The van der Waals surface area contributed by atoms with Crippen molar-refractivity contribution in [1.82, 2.24) is 4.98 Å². The van der Waals surface area contributed by atoms with Gasteiger partial charge in [-0.05, 0) is 31.2 Å². The third-order valence-electron chi connectivity index (χ3n) is 2.42. The molecule has 4 heteroatoms. The minimum atomic E-state index is 0.685. The Kier molecular flexibility index (Phi) is 3.10. The minimum Gasteiger partial charge on any atom is -0.467 e. The summed E-state index contributed by atoms with van der Waals surface area (Å²) in [5.41, 5.74) is 6.58. The van der Waals surface area contributed by atoms with E-state index < -0.39 is 0 Å². The Morgan fingerprint density at radius 2 is 2.25 bits per heavy atom. The first-order valence-corrected chi connectivity index (χ1v) is 5.29. The fraction of sp³-hybridized carbons (Fsp3) is 0.250. The van der Waals surface area contributed by atoms with Crippen molar-refractivity contribution >= 4 is 11.5 Å². The zero-order chi connectivity index (χ0) is 11.4. The largest absolute Gasteiger partial charge is 0.467 e. The molecule has 2 aromatic rings. The van der Waals surface area contributed by atoms with E-state index in [0.717, 1.165) is 18.1 Å². The second-order valence-corrected chi connectivity index (χ2v) is 3.51. The van der Waals surface area contributed by atoms with Gasteiger partial charge in [0.05, 0.1) is 18.5 Å². The molecule has 2 aromatic heterocycles. The standard InChI is InChI=1S/C12H15N3O/c1-2-15(9-10-5-4-8-16-10)12-11(13)6-3-7-14-12/h3-8H,2,9,13H2,1H3.